The van der Waals surface area contributed by atoms with Crippen LogP contribution in [0.25, 0.3) is 0 Å². The molecule has 12 bridgehead atoms. The summed E-state index contributed by atoms with van der Waals surface area (Å²) in [6, 6.07) is 0. The fourth-order valence-electron chi connectivity index (χ4n) is 18.5. The minimum Gasteiger partial charge on any atom is -0.457 e. The van der Waals surface area contributed by atoms with Crippen molar-refractivity contribution in [3.05, 3.63) is 11.6 Å². The Morgan fingerprint density at radius 2 is 1.21 bits per heavy atom. The van der Waals surface area contributed by atoms with Crippen molar-refractivity contribution in [2.24, 2.45) is 50.2 Å². The molecule has 0 radical (unpaired) electrons. The molecule has 17 rings (SSSR count). The lowest BCUT2D eigenvalue weighted by molar-refractivity contribution is -0.377. The van der Waals surface area contributed by atoms with E-state index in [0.29, 0.717) is 51.4 Å². The molecule has 0 aromatic carbocycles. The van der Waals surface area contributed by atoms with Crippen molar-refractivity contribution in [3.8, 4) is 0 Å². The number of allylic oxidation sites excluding steroid dienone is 2. The monoisotopic (exact) mass is 1320 g/mol. The number of hydrogen-bond acceptors (Lipinski definition) is 29. The Labute approximate surface area is 533 Å². The van der Waals surface area contributed by atoms with E-state index in [4.69, 9.17) is 56.8 Å². The maximum absolute atomic E-state index is 15.6. The molecule has 12 fully saturated rings. The van der Waals surface area contributed by atoms with Crippen LogP contribution in [-0.2, 0) is 71.2 Å². The largest absolute Gasteiger partial charge is 0.457 e. The van der Waals surface area contributed by atoms with Gasteiger partial charge in [0.2, 0.25) is 6.29 Å². The molecule has 4 unspecified atom stereocenters. The van der Waals surface area contributed by atoms with Crippen LogP contribution in [0.5, 0.6) is 0 Å². The molecular formula is C63H98O29. The number of carbonyl (C=O) groups excluding carboxylic acids is 3. The first-order valence-corrected chi connectivity index (χ1v) is 32.6. The van der Waals surface area contributed by atoms with E-state index in [1.54, 1.807) is 0 Å². The number of esters is 3. The number of aliphatic hydroxyl groups excluding tert-OH is 13. The van der Waals surface area contributed by atoms with Crippen LogP contribution in [0.1, 0.15) is 126 Å². The fraction of sp³-hybridized carbons (Fsp3) is 0.921. The van der Waals surface area contributed by atoms with Gasteiger partial charge in [0, 0.05) is 5.41 Å². The number of aliphatic hydroxyl groups is 14. The van der Waals surface area contributed by atoms with Gasteiger partial charge in [0.25, 0.3) is 0 Å². The second-order valence-corrected chi connectivity index (χ2v) is 30.5. The lowest BCUT2D eigenvalue weighted by Crippen LogP contribution is -2.70. The van der Waals surface area contributed by atoms with Crippen molar-refractivity contribution in [3.63, 3.8) is 0 Å². The van der Waals surface area contributed by atoms with E-state index in [-0.39, 0.29) is 29.6 Å². The zero-order chi connectivity index (χ0) is 66.9. The summed E-state index contributed by atoms with van der Waals surface area (Å²) in [7, 11) is 0. The standard InChI is InChI=1S/C63H98O29/c1-26-46-47(88-51-43(76)38(71)30(67)22-81-51)45(78)53(84-26)90-48-39(72)31(68)23-82-54(48)92-56(79)63-15-13-57(2,3)17-28(63)27-9-10-35-59(5)18-29(66)50(60(6,25-65)34(59)11-12-62(35,8)61(27,7)14-16-63)91-55-49(42(75)40(73)32(21-64)86-55)89-52-44(77)41(74)33(24-83-52)85-36(69)19-58(4,80)20-37(70)87-46/h9,26,28-35,38-55,64-68,71-78,80H,10-25H2,1-8H3/t26-,28?,29-,30+,31-,32+,33-,34?,35?,38-,39-,40+,41-,42-,43+,44+,45+,46-,47-,48+,49+,50-,51-,52-,53-,54-,55-,58?,59-,60-,61+,62+,63-/m0/s1. The molecule has 0 amide bonds. The van der Waals surface area contributed by atoms with Gasteiger partial charge in [0.05, 0.1) is 75.2 Å². The number of hydrogen-bond donors (Lipinski definition) is 14. The predicted molar refractivity (Wildman–Crippen MR) is 306 cm³/mol. The smallest absolute Gasteiger partial charge is 0.315 e. The molecule has 29 nitrogen and oxygen atoms in total. The van der Waals surface area contributed by atoms with E-state index in [2.05, 4.69) is 40.7 Å². The third-order valence-electron chi connectivity index (χ3n) is 24.0. The zero-order valence-corrected chi connectivity index (χ0v) is 53.4. The molecule has 12 aliphatic heterocycles. The van der Waals surface area contributed by atoms with Gasteiger partial charge in [-0.1, -0.05) is 53.2 Å². The molecule has 92 heavy (non-hydrogen) atoms. The average molecular weight is 1320 g/mol. The van der Waals surface area contributed by atoms with Crippen molar-refractivity contribution in [2.45, 2.75) is 279 Å². The minimum atomic E-state index is -2.29. The normalized spacial score (nSPS) is 54.4. The molecule has 5 aliphatic carbocycles. The van der Waals surface area contributed by atoms with Crippen LogP contribution in [0, 0.1) is 50.2 Å². The van der Waals surface area contributed by atoms with E-state index in [0.717, 1.165) is 12.5 Å². The van der Waals surface area contributed by atoms with Crippen LogP contribution in [-0.4, -0.2) is 275 Å². The Balaban J connectivity index is 0.951. The summed E-state index contributed by atoms with van der Waals surface area (Å²) in [5.74, 6) is -3.90. The van der Waals surface area contributed by atoms with E-state index in [1.165, 1.54) is 6.92 Å². The van der Waals surface area contributed by atoms with Gasteiger partial charge in [-0.05, 0) is 111 Å². The molecular weight excluding hydrogens is 1220 g/mol. The first kappa shape index (κ1) is 70.5. The number of rotatable bonds is 4. The quantitative estimate of drug-likeness (QED) is 0.0590. The summed E-state index contributed by atoms with van der Waals surface area (Å²) in [4.78, 5) is 43.1. The number of carbonyl (C=O) groups is 3. The Hall–Kier alpha value is -2.77. The van der Waals surface area contributed by atoms with Gasteiger partial charge < -0.3 is 128 Å². The van der Waals surface area contributed by atoms with Crippen LogP contribution in [0.3, 0.4) is 0 Å². The highest BCUT2D eigenvalue weighted by Gasteiger charge is 2.72. The molecule has 4 saturated carbocycles. The molecule has 29 heteroatoms. The van der Waals surface area contributed by atoms with Crippen molar-refractivity contribution in [1.82, 2.24) is 0 Å². The Morgan fingerprint density at radius 3 is 1.90 bits per heavy atom. The van der Waals surface area contributed by atoms with Crippen molar-refractivity contribution >= 4 is 17.9 Å². The number of ether oxygens (including phenoxy) is 12. The highest BCUT2D eigenvalue weighted by molar-refractivity contribution is 5.79. The van der Waals surface area contributed by atoms with Gasteiger partial charge in [-0.15, -0.1) is 0 Å². The second kappa shape index (κ2) is 25.8. The molecule has 8 saturated heterocycles. The summed E-state index contributed by atoms with van der Waals surface area (Å²) >= 11 is 0. The highest BCUT2D eigenvalue weighted by Crippen LogP contribution is 2.76. The topological polar surface area (TPSA) is 445 Å². The third kappa shape index (κ3) is 12.1. The van der Waals surface area contributed by atoms with Gasteiger partial charge >= 0.3 is 17.9 Å². The molecule has 33 atom stereocenters. The average Bonchev–Trinajstić information content (AvgIpc) is 0.674. The van der Waals surface area contributed by atoms with Crippen LogP contribution in [0.15, 0.2) is 11.6 Å². The maximum Gasteiger partial charge on any atom is 0.315 e. The van der Waals surface area contributed by atoms with Crippen LogP contribution in [0.4, 0.5) is 0 Å². The van der Waals surface area contributed by atoms with Gasteiger partial charge in [0.1, 0.15) is 79.4 Å². The fourth-order valence-corrected chi connectivity index (χ4v) is 18.5. The molecule has 17 aliphatic rings. The van der Waals surface area contributed by atoms with Crippen molar-refractivity contribution < 1.29 is 143 Å². The van der Waals surface area contributed by atoms with Crippen LogP contribution >= 0.6 is 0 Å². The maximum atomic E-state index is 15.6. The molecule has 0 aromatic heterocycles. The van der Waals surface area contributed by atoms with Crippen LogP contribution in [0.2, 0.25) is 0 Å². The molecule has 1 spiro atoms. The SMILES string of the molecule is C[C@@H]1O[C@H]2O[C@H]3[C@@H](OC[C@H](O)[C@@H]3O)OC(=O)[C@]34CCC(C)(C)CC3C3=CCC5[C@@]6(C)C[C@H](O)[C@H](O[C@@H]7O[C@H](CO)[C@@H](O)[C@H](O)[C@H]7O[C@@H]7OC[C@H](OC(=O)CC(C)(O)CC(=O)O[C@@H]1[C@@H](O[C@@H]1OC[C@@H](O)[C@H](O)[C@H]1O)[C@H]2O)[C@H](O)[C@H]7O)[C@@](C)(CO)C6CC[C@@]5(C)[C@]3(C)CC4. The minimum absolute atomic E-state index is 0.109. The van der Waals surface area contributed by atoms with Gasteiger partial charge in [-0.3, -0.25) is 14.4 Å². The Morgan fingerprint density at radius 1 is 0.565 bits per heavy atom. The van der Waals surface area contributed by atoms with Crippen molar-refractivity contribution in [1.29, 1.82) is 0 Å². The molecule has 524 valence electrons. The van der Waals surface area contributed by atoms with E-state index in [1.807, 2.05) is 6.92 Å². The molecule has 12 heterocycles. The van der Waals surface area contributed by atoms with E-state index < -0.39 is 244 Å². The second-order valence-electron chi connectivity index (χ2n) is 30.5. The summed E-state index contributed by atoms with van der Waals surface area (Å²) < 4.78 is 72.3. The zero-order valence-electron chi connectivity index (χ0n) is 53.4. The first-order valence-electron chi connectivity index (χ1n) is 32.6. The molecule has 14 N–H and O–H groups in total. The van der Waals surface area contributed by atoms with Gasteiger partial charge in [0.15, 0.2) is 43.5 Å². The Kier molecular flexibility index (Phi) is 19.8. The van der Waals surface area contributed by atoms with Gasteiger partial charge in [-0.2, -0.15) is 0 Å². The Bertz CT molecular complexity index is 2700. The van der Waals surface area contributed by atoms with Crippen molar-refractivity contribution in [2.75, 3.05) is 33.0 Å². The summed E-state index contributed by atoms with van der Waals surface area (Å²) in [5, 5.41) is 159. The third-order valence-corrected chi connectivity index (χ3v) is 24.0. The summed E-state index contributed by atoms with van der Waals surface area (Å²) in [5.41, 5.74) is -5.49. The molecule has 0 aromatic rings. The van der Waals surface area contributed by atoms with Crippen LogP contribution < -0.4 is 0 Å². The lowest BCUT2D eigenvalue weighted by Gasteiger charge is -2.72. The summed E-state index contributed by atoms with van der Waals surface area (Å²) in [6.45, 7) is 12.2. The first-order chi connectivity index (χ1) is 43.1. The van der Waals surface area contributed by atoms with E-state index in [9.17, 15) is 81.1 Å². The van der Waals surface area contributed by atoms with Gasteiger partial charge in [-0.25, -0.2) is 0 Å². The predicted octanol–water partition coefficient (Wildman–Crippen LogP) is -2.68. The van der Waals surface area contributed by atoms with E-state index >= 15 is 4.79 Å². The lowest BCUT2D eigenvalue weighted by atomic mass is 9.33. The summed E-state index contributed by atoms with van der Waals surface area (Å²) in [6.07, 6.45) is -36.9. The highest BCUT2D eigenvalue weighted by atomic mass is 16.8.